The minimum absolute atomic E-state index is 0.207. The SMILES string of the molecule is CCCC(Oc1ccc(CCC(C)N)cc1)C(=O)OCC. The Balaban J connectivity index is 2.60. The number of hydrogen-bond acceptors (Lipinski definition) is 4. The Hall–Kier alpha value is -1.55. The molecule has 0 aromatic heterocycles. The molecule has 0 radical (unpaired) electrons. The van der Waals surface area contributed by atoms with Gasteiger partial charge in [-0.2, -0.15) is 0 Å². The smallest absolute Gasteiger partial charge is 0.347 e. The van der Waals surface area contributed by atoms with Gasteiger partial charge in [-0.3, -0.25) is 0 Å². The fraction of sp³-hybridized carbons (Fsp3) is 0.588. The van der Waals surface area contributed by atoms with Crippen molar-refractivity contribution < 1.29 is 14.3 Å². The van der Waals surface area contributed by atoms with Gasteiger partial charge < -0.3 is 15.2 Å². The average molecular weight is 293 g/mol. The van der Waals surface area contributed by atoms with E-state index in [9.17, 15) is 4.79 Å². The number of carbonyl (C=O) groups excluding carboxylic acids is 1. The van der Waals surface area contributed by atoms with Crippen LogP contribution in [0.2, 0.25) is 0 Å². The van der Waals surface area contributed by atoms with Crippen LogP contribution in [0.3, 0.4) is 0 Å². The number of benzene rings is 1. The third-order valence-corrected chi connectivity index (χ3v) is 3.19. The molecular formula is C17H27NO3. The summed E-state index contributed by atoms with van der Waals surface area (Å²) in [6, 6.07) is 8.05. The summed E-state index contributed by atoms with van der Waals surface area (Å²) in [5.41, 5.74) is 6.98. The Bertz CT molecular complexity index is 415. The molecule has 4 heteroatoms. The van der Waals surface area contributed by atoms with Crippen molar-refractivity contribution in [3.05, 3.63) is 29.8 Å². The minimum Gasteiger partial charge on any atom is -0.479 e. The Morgan fingerprint density at radius 3 is 2.38 bits per heavy atom. The zero-order valence-corrected chi connectivity index (χ0v) is 13.3. The van der Waals surface area contributed by atoms with E-state index >= 15 is 0 Å². The molecule has 0 aliphatic rings. The Morgan fingerprint density at radius 1 is 1.19 bits per heavy atom. The molecule has 0 saturated carbocycles. The van der Waals surface area contributed by atoms with Crippen LogP contribution in [0.4, 0.5) is 0 Å². The zero-order chi connectivity index (χ0) is 15.7. The molecule has 0 heterocycles. The molecule has 0 amide bonds. The van der Waals surface area contributed by atoms with Crippen LogP contribution < -0.4 is 10.5 Å². The van der Waals surface area contributed by atoms with Crippen molar-refractivity contribution in [3.63, 3.8) is 0 Å². The number of ether oxygens (including phenoxy) is 2. The normalized spacial score (nSPS) is 13.5. The van der Waals surface area contributed by atoms with Gasteiger partial charge in [-0.25, -0.2) is 4.79 Å². The maximum atomic E-state index is 11.8. The highest BCUT2D eigenvalue weighted by molar-refractivity contribution is 5.75. The van der Waals surface area contributed by atoms with E-state index in [4.69, 9.17) is 15.2 Å². The van der Waals surface area contributed by atoms with Crippen LogP contribution in [-0.4, -0.2) is 24.7 Å². The van der Waals surface area contributed by atoms with Crippen molar-refractivity contribution in [2.45, 2.75) is 58.6 Å². The first kappa shape index (κ1) is 17.5. The van der Waals surface area contributed by atoms with Crippen molar-refractivity contribution in [1.29, 1.82) is 0 Å². The molecule has 2 N–H and O–H groups in total. The lowest BCUT2D eigenvalue weighted by Crippen LogP contribution is -2.29. The van der Waals surface area contributed by atoms with Crippen LogP contribution in [0.25, 0.3) is 0 Å². The number of hydrogen-bond donors (Lipinski definition) is 1. The van der Waals surface area contributed by atoms with Gasteiger partial charge >= 0.3 is 5.97 Å². The molecule has 21 heavy (non-hydrogen) atoms. The number of aryl methyl sites for hydroxylation is 1. The molecule has 2 unspecified atom stereocenters. The predicted octanol–water partition coefficient (Wildman–Crippen LogP) is 3.08. The minimum atomic E-state index is -0.523. The molecule has 118 valence electrons. The maximum Gasteiger partial charge on any atom is 0.347 e. The summed E-state index contributed by atoms with van der Waals surface area (Å²) in [7, 11) is 0. The monoisotopic (exact) mass is 293 g/mol. The fourth-order valence-electron chi connectivity index (χ4n) is 2.02. The van der Waals surface area contributed by atoms with Crippen molar-refractivity contribution >= 4 is 5.97 Å². The number of esters is 1. The summed E-state index contributed by atoms with van der Waals surface area (Å²) in [5, 5.41) is 0. The largest absolute Gasteiger partial charge is 0.479 e. The van der Waals surface area contributed by atoms with Gasteiger partial charge in [-0.05, 0) is 50.8 Å². The first-order valence-corrected chi connectivity index (χ1v) is 7.74. The lowest BCUT2D eigenvalue weighted by atomic mass is 10.1. The summed E-state index contributed by atoms with van der Waals surface area (Å²) in [6.45, 7) is 6.20. The standard InChI is InChI=1S/C17H27NO3/c1-4-6-16(17(19)20-5-2)21-15-11-9-14(10-12-15)8-7-13(3)18/h9-13,16H,4-8,18H2,1-3H3. The predicted molar refractivity (Wildman–Crippen MR) is 84.4 cm³/mol. The van der Waals surface area contributed by atoms with Crippen molar-refractivity contribution in [3.8, 4) is 5.75 Å². The van der Waals surface area contributed by atoms with Gasteiger partial charge in [0, 0.05) is 6.04 Å². The molecule has 0 saturated heterocycles. The first-order valence-electron chi connectivity index (χ1n) is 7.74. The van der Waals surface area contributed by atoms with Gasteiger partial charge in [0.1, 0.15) is 5.75 Å². The second kappa shape index (κ2) is 9.40. The van der Waals surface area contributed by atoms with Gasteiger partial charge in [0.2, 0.25) is 0 Å². The highest BCUT2D eigenvalue weighted by Gasteiger charge is 2.20. The quantitative estimate of drug-likeness (QED) is 0.711. The van der Waals surface area contributed by atoms with Crippen LogP contribution >= 0.6 is 0 Å². The zero-order valence-electron chi connectivity index (χ0n) is 13.3. The lowest BCUT2D eigenvalue weighted by Gasteiger charge is -2.17. The van der Waals surface area contributed by atoms with Crippen molar-refractivity contribution in [1.82, 2.24) is 0 Å². The summed E-state index contributed by atoms with van der Waals surface area (Å²) >= 11 is 0. The number of rotatable bonds is 9. The highest BCUT2D eigenvalue weighted by Crippen LogP contribution is 2.17. The third kappa shape index (κ3) is 6.63. The molecule has 1 aromatic rings. The van der Waals surface area contributed by atoms with Crippen LogP contribution in [0, 0.1) is 0 Å². The van der Waals surface area contributed by atoms with Crippen LogP contribution in [0.5, 0.6) is 5.75 Å². The summed E-state index contributed by atoms with van der Waals surface area (Å²) in [5.74, 6) is 0.409. The van der Waals surface area contributed by atoms with Crippen LogP contribution in [-0.2, 0) is 16.0 Å². The molecule has 4 nitrogen and oxygen atoms in total. The molecule has 0 spiro atoms. The summed E-state index contributed by atoms with van der Waals surface area (Å²) in [6.07, 6.45) is 2.92. The van der Waals surface area contributed by atoms with E-state index in [1.807, 2.05) is 38.1 Å². The van der Waals surface area contributed by atoms with E-state index in [-0.39, 0.29) is 12.0 Å². The van der Waals surface area contributed by atoms with E-state index in [1.165, 1.54) is 5.56 Å². The lowest BCUT2D eigenvalue weighted by molar-refractivity contribution is -0.151. The van der Waals surface area contributed by atoms with Crippen molar-refractivity contribution in [2.75, 3.05) is 6.61 Å². The molecule has 0 aliphatic carbocycles. The van der Waals surface area contributed by atoms with E-state index in [1.54, 1.807) is 6.92 Å². The fourth-order valence-corrected chi connectivity index (χ4v) is 2.02. The van der Waals surface area contributed by atoms with Gasteiger partial charge in [0.25, 0.3) is 0 Å². The Kier molecular flexibility index (Phi) is 7.83. The number of carbonyl (C=O) groups is 1. The van der Waals surface area contributed by atoms with Gasteiger partial charge in [-0.15, -0.1) is 0 Å². The average Bonchev–Trinajstić information content (AvgIpc) is 2.46. The van der Waals surface area contributed by atoms with E-state index in [2.05, 4.69) is 0 Å². The molecule has 2 atom stereocenters. The Morgan fingerprint density at radius 2 is 1.86 bits per heavy atom. The third-order valence-electron chi connectivity index (χ3n) is 3.19. The van der Waals surface area contributed by atoms with Gasteiger partial charge in [0.05, 0.1) is 6.61 Å². The molecule has 1 aromatic carbocycles. The van der Waals surface area contributed by atoms with E-state index < -0.39 is 6.10 Å². The summed E-state index contributed by atoms with van der Waals surface area (Å²) < 4.78 is 10.8. The highest BCUT2D eigenvalue weighted by atomic mass is 16.6. The van der Waals surface area contributed by atoms with E-state index in [0.717, 1.165) is 19.3 Å². The number of nitrogens with two attached hydrogens (primary N) is 1. The molecule has 0 bridgehead atoms. The summed E-state index contributed by atoms with van der Waals surface area (Å²) in [4.78, 5) is 11.8. The molecule has 0 aliphatic heterocycles. The van der Waals surface area contributed by atoms with Crippen LogP contribution in [0.1, 0.15) is 45.6 Å². The molecule has 0 fully saturated rings. The first-order chi connectivity index (χ1) is 10.1. The van der Waals surface area contributed by atoms with E-state index in [0.29, 0.717) is 18.8 Å². The Labute approximate surface area is 127 Å². The van der Waals surface area contributed by atoms with Crippen molar-refractivity contribution in [2.24, 2.45) is 5.73 Å². The van der Waals surface area contributed by atoms with Gasteiger partial charge in [-0.1, -0.05) is 25.5 Å². The maximum absolute atomic E-state index is 11.8. The van der Waals surface area contributed by atoms with Crippen LogP contribution in [0.15, 0.2) is 24.3 Å². The second-order valence-electron chi connectivity index (χ2n) is 5.31. The molecule has 1 rings (SSSR count). The van der Waals surface area contributed by atoms with Gasteiger partial charge in [0.15, 0.2) is 6.10 Å². The second-order valence-corrected chi connectivity index (χ2v) is 5.31. The topological polar surface area (TPSA) is 61.5 Å². The molecular weight excluding hydrogens is 266 g/mol.